The van der Waals surface area contributed by atoms with Crippen molar-refractivity contribution in [3.63, 3.8) is 0 Å². The summed E-state index contributed by atoms with van der Waals surface area (Å²) in [7, 11) is 0. The van der Waals surface area contributed by atoms with Gasteiger partial charge in [-0.25, -0.2) is 0 Å². The van der Waals surface area contributed by atoms with Gasteiger partial charge in [0, 0.05) is 25.2 Å². The Balaban J connectivity index is 1.67. The van der Waals surface area contributed by atoms with E-state index in [0.717, 1.165) is 24.3 Å². The molecule has 3 heteroatoms. The molecule has 0 amide bonds. The summed E-state index contributed by atoms with van der Waals surface area (Å²) in [6.07, 6.45) is 7.02. The molecule has 3 nitrogen and oxygen atoms in total. The number of aliphatic imine (C=N–C) groups is 1. The Morgan fingerprint density at radius 1 is 1.14 bits per heavy atom. The minimum Gasteiger partial charge on any atom is -0.338 e. The van der Waals surface area contributed by atoms with Crippen LogP contribution in [0.1, 0.15) is 59.8 Å². The molecule has 0 bridgehead atoms. The number of hydrogen-bond donors (Lipinski definition) is 0. The fraction of sp³-hybridized carbons (Fsp3) is 0.944. The molecule has 2 fully saturated rings. The second-order valence-electron chi connectivity index (χ2n) is 8.20. The van der Waals surface area contributed by atoms with Crippen molar-refractivity contribution in [2.75, 3.05) is 19.6 Å². The first-order valence-electron chi connectivity index (χ1n) is 9.12. The molecule has 0 spiro atoms. The van der Waals surface area contributed by atoms with E-state index in [2.05, 4.69) is 37.5 Å². The van der Waals surface area contributed by atoms with Gasteiger partial charge in [0.25, 0.3) is 0 Å². The minimum absolute atomic E-state index is 0.617. The van der Waals surface area contributed by atoms with E-state index in [-0.39, 0.29) is 0 Å². The van der Waals surface area contributed by atoms with Crippen LogP contribution in [0.25, 0.3) is 0 Å². The molecule has 0 aromatic carbocycles. The van der Waals surface area contributed by atoms with Crippen molar-refractivity contribution < 1.29 is 0 Å². The maximum Gasteiger partial charge on any atom is 0.197 e. The van der Waals surface area contributed by atoms with Gasteiger partial charge in [-0.15, -0.1) is 0 Å². The number of nitrogens with zero attached hydrogens (tertiary/aromatic N) is 3. The molecule has 2 heterocycles. The molecule has 0 unspecified atom stereocenters. The molecule has 0 aromatic heterocycles. The molecule has 21 heavy (non-hydrogen) atoms. The van der Waals surface area contributed by atoms with Crippen LogP contribution >= 0.6 is 0 Å². The largest absolute Gasteiger partial charge is 0.338 e. The molecule has 2 atom stereocenters. The fourth-order valence-corrected chi connectivity index (χ4v) is 4.37. The molecule has 0 radical (unpaired) electrons. The summed E-state index contributed by atoms with van der Waals surface area (Å²) in [5.41, 5.74) is 0. The van der Waals surface area contributed by atoms with Crippen molar-refractivity contribution in [3.05, 3.63) is 0 Å². The van der Waals surface area contributed by atoms with Crippen molar-refractivity contribution in [1.29, 1.82) is 0 Å². The lowest BCUT2D eigenvalue weighted by atomic mass is 9.82. The van der Waals surface area contributed by atoms with Gasteiger partial charge in [0.2, 0.25) is 0 Å². The summed E-state index contributed by atoms with van der Waals surface area (Å²) in [4.78, 5) is 10.1. The predicted molar refractivity (Wildman–Crippen MR) is 89.5 cm³/mol. The third-order valence-electron chi connectivity index (χ3n) is 5.72. The zero-order valence-corrected chi connectivity index (χ0v) is 14.4. The van der Waals surface area contributed by atoms with Gasteiger partial charge in [0.1, 0.15) is 0 Å². The first-order chi connectivity index (χ1) is 10.0. The second kappa shape index (κ2) is 6.18. The number of guanidine groups is 1. The maximum atomic E-state index is 4.87. The van der Waals surface area contributed by atoms with Gasteiger partial charge >= 0.3 is 0 Å². The van der Waals surface area contributed by atoms with Crippen LogP contribution < -0.4 is 0 Å². The van der Waals surface area contributed by atoms with Crippen LogP contribution in [0.4, 0.5) is 0 Å². The predicted octanol–water partition coefficient (Wildman–Crippen LogP) is 3.60. The van der Waals surface area contributed by atoms with Gasteiger partial charge in [-0.2, -0.15) is 0 Å². The van der Waals surface area contributed by atoms with Crippen molar-refractivity contribution >= 4 is 5.96 Å². The van der Waals surface area contributed by atoms with E-state index in [4.69, 9.17) is 4.99 Å². The highest BCUT2D eigenvalue weighted by atomic mass is 15.5. The zero-order valence-electron chi connectivity index (χ0n) is 14.4. The van der Waals surface area contributed by atoms with Crippen LogP contribution in [0.5, 0.6) is 0 Å². The van der Waals surface area contributed by atoms with Crippen LogP contribution in [-0.4, -0.2) is 47.5 Å². The van der Waals surface area contributed by atoms with Gasteiger partial charge in [-0.3, -0.25) is 4.99 Å². The Morgan fingerprint density at radius 3 is 2.52 bits per heavy atom. The van der Waals surface area contributed by atoms with E-state index < -0.39 is 0 Å². The Kier molecular flexibility index (Phi) is 4.46. The molecule has 3 rings (SSSR count). The average Bonchev–Trinajstić information content (AvgIpc) is 2.94. The lowest BCUT2D eigenvalue weighted by Gasteiger charge is -2.33. The minimum atomic E-state index is 0.617. The van der Waals surface area contributed by atoms with E-state index >= 15 is 0 Å². The van der Waals surface area contributed by atoms with Gasteiger partial charge < -0.3 is 9.80 Å². The van der Waals surface area contributed by atoms with Crippen molar-refractivity contribution in [1.82, 2.24) is 9.80 Å². The fourth-order valence-electron chi connectivity index (χ4n) is 4.37. The SMILES string of the molecule is CC(C)C[C@@H]1CN2C(=NC[C@@H]2C)N1CC1CCC(C)CC1. The first-order valence-corrected chi connectivity index (χ1v) is 9.12. The zero-order chi connectivity index (χ0) is 15.0. The molecule has 1 aliphatic carbocycles. The molecule has 1 saturated heterocycles. The monoisotopic (exact) mass is 291 g/mol. The molecule has 3 aliphatic rings. The highest BCUT2D eigenvalue weighted by molar-refractivity contribution is 5.84. The first kappa shape index (κ1) is 15.2. The average molecular weight is 291 g/mol. The van der Waals surface area contributed by atoms with Crippen LogP contribution in [-0.2, 0) is 0 Å². The molecule has 2 aliphatic heterocycles. The molecule has 120 valence electrons. The lowest BCUT2D eigenvalue weighted by Crippen LogP contribution is -2.40. The quantitative estimate of drug-likeness (QED) is 0.788. The van der Waals surface area contributed by atoms with Crippen molar-refractivity contribution in [2.45, 2.75) is 71.9 Å². The van der Waals surface area contributed by atoms with E-state index in [1.165, 1.54) is 51.2 Å². The van der Waals surface area contributed by atoms with Gasteiger partial charge in [0.15, 0.2) is 5.96 Å². The van der Waals surface area contributed by atoms with E-state index in [1.807, 2.05) is 0 Å². The van der Waals surface area contributed by atoms with Crippen molar-refractivity contribution in [2.24, 2.45) is 22.7 Å². The van der Waals surface area contributed by atoms with Crippen LogP contribution in [0.3, 0.4) is 0 Å². The van der Waals surface area contributed by atoms with E-state index in [0.29, 0.717) is 12.1 Å². The second-order valence-corrected chi connectivity index (χ2v) is 8.20. The third kappa shape index (κ3) is 3.22. The third-order valence-corrected chi connectivity index (χ3v) is 5.72. The number of fused-ring (bicyclic) bond motifs is 1. The van der Waals surface area contributed by atoms with Crippen LogP contribution in [0.15, 0.2) is 4.99 Å². The Labute approximate surface area is 130 Å². The van der Waals surface area contributed by atoms with Crippen molar-refractivity contribution in [3.8, 4) is 0 Å². The summed E-state index contributed by atoms with van der Waals surface area (Å²) in [5, 5.41) is 0. The van der Waals surface area contributed by atoms with Gasteiger partial charge in [-0.05, 0) is 43.9 Å². The van der Waals surface area contributed by atoms with E-state index in [1.54, 1.807) is 0 Å². The smallest absolute Gasteiger partial charge is 0.197 e. The summed E-state index contributed by atoms with van der Waals surface area (Å²) >= 11 is 0. The molecule has 0 N–H and O–H groups in total. The van der Waals surface area contributed by atoms with Gasteiger partial charge in [0.05, 0.1) is 6.54 Å². The molecular weight excluding hydrogens is 258 g/mol. The summed E-state index contributed by atoms with van der Waals surface area (Å²) in [5.74, 6) is 3.95. The van der Waals surface area contributed by atoms with Crippen LogP contribution in [0.2, 0.25) is 0 Å². The lowest BCUT2D eigenvalue weighted by molar-refractivity contribution is 0.207. The molecular formula is C18H33N3. The van der Waals surface area contributed by atoms with E-state index in [9.17, 15) is 0 Å². The summed E-state index contributed by atoms with van der Waals surface area (Å²) in [6.45, 7) is 12.9. The summed E-state index contributed by atoms with van der Waals surface area (Å²) in [6, 6.07) is 1.32. The Bertz CT molecular complexity index is 382. The Hall–Kier alpha value is -0.730. The maximum absolute atomic E-state index is 4.87. The molecule has 0 aromatic rings. The highest BCUT2D eigenvalue weighted by Gasteiger charge is 2.41. The Morgan fingerprint density at radius 2 is 1.86 bits per heavy atom. The number of rotatable bonds is 4. The highest BCUT2D eigenvalue weighted by Crippen LogP contribution is 2.33. The van der Waals surface area contributed by atoms with Gasteiger partial charge in [-0.1, -0.05) is 33.6 Å². The standard InChI is InChI=1S/C18H33N3/c1-13(2)9-17-12-20-15(4)10-19-18(20)21(17)11-16-7-5-14(3)6-8-16/h13-17H,5-12H2,1-4H3/t14?,15-,16?,17+/m0/s1. The molecule has 1 saturated carbocycles. The van der Waals surface area contributed by atoms with Crippen LogP contribution in [0, 0.1) is 17.8 Å². The number of hydrogen-bond acceptors (Lipinski definition) is 3. The normalized spacial score (nSPS) is 36.3. The summed E-state index contributed by atoms with van der Waals surface area (Å²) < 4.78 is 0. The topological polar surface area (TPSA) is 18.8 Å².